The van der Waals surface area contributed by atoms with Gasteiger partial charge < -0.3 is 0 Å². The molecule has 0 aromatic rings. The van der Waals surface area contributed by atoms with E-state index < -0.39 is 5.92 Å². The lowest BCUT2D eigenvalue weighted by atomic mass is 9.62. The van der Waals surface area contributed by atoms with Crippen LogP contribution in [0, 0.1) is 17.3 Å². The van der Waals surface area contributed by atoms with Crippen molar-refractivity contribution in [2.45, 2.75) is 26.7 Å². The zero-order valence-electron chi connectivity index (χ0n) is 9.30. The molecule has 3 unspecified atom stereocenters. The molecule has 0 radical (unpaired) electrons. The topological polar surface area (TPSA) is 0 Å². The molecule has 82 valence electrons. The van der Waals surface area contributed by atoms with Crippen LogP contribution in [0.1, 0.15) is 20.8 Å². The molecule has 2 aliphatic carbocycles. The third-order valence-corrected chi connectivity index (χ3v) is 3.94. The number of halogens is 2. The van der Waals surface area contributed by atoms with Crippen LogP contribution in [0.3, 0.4) is 0 Å². The zero-order chi connectivity index (χ0) is 11.3. The van der Waals surface area contributed by atoms with E-state index in [0.29, 0.717) is 11.8 Å². The van der Waals surface area contributed by atoms with Gasteiger partial charge in [-0.3, -0.25) is 0 Å². The van der Waals surface area contributed by atoms with Gasteiger partial charge in [0, 0.05) is 5.41 Å². The predicted molar refractivity (Wildman–Crippen MR) is 57.7 cm³/mol. The maximum atomic E-state index is 13.2. The molecule has 15 heavy (non-hydrogen) atoms. The van der Waals surface area contributed by atoms with Gasteiger partial charge in [-0.15, -0.1) is 0 Å². The molecule has 0 bridgehead atoms. The summed E-state index contributed by atoms with van der Waals surface area (Å²) in [4.78, 5) is 0. The minimum atomic E-state index is -2.78. The highest BCUT2D eigenvalue weighted by Gasteiger charge is 2.42. The normalized spacial score (nSPS) is 42.3. The maximum Gasteiger partial charge on any atom is 0.285 e. The van der Waals surface area contributed by atoms with Crippen LogP contribution in [0.5, 0.6) is 0 Å². The molecule has 0 aromatic carbocycles. The van der Waals surface area contributed by atoms with Gasteiger partial charge in [-0.1, -0.05) is 39.0 Å². The summed E-state index contributed by atoms with van der Waals surface area (Å²) >= 11 is 0. The molecule has 0 spiro atoms. The summed E-state index contributed by atoms with van der Waals surface area (Å²) in [5.74, 6) is -1.98. The molecular formula is C13H16F2. The van der Waals surface area contributed by atoms with Gasteiger partial charge in [0.1, 0.15) is 0 Å². The van der Waals surface area contributed by atoms with E-state index in [1.807, 2.05) is 19.1 Å². The second-order valence-corrected chi connectivity index (χ2v) is 4.90. The molecule has 0 nitrogen and oxygen atoms in total. The SMILES string of the molecule is CC1C=CC2=CC(F)(F)C=CC2(C)C1C. The number of allylic oxidation sites excluding steroid dienone is 6. The number of hydrogen-bond acceptors (Lipinski definition) is 0. The molecule has 2 aliphatic rings. The number of hydrogen-bond donors (Lipinski definition) is 0. The van der Waals surface area contributed by atoms with Crippen LogP contribution in [0.4, 0.5) is 8.78 Å². The first-order valence-corrected chi connectivity index (χ1v) is 5.35. The van der Waals surface area contributed by atoms with Gasteiger partial charge in [0.25, 0.3) is 5.92 Å². The molecule has 0 aromatic heterocycles. The standard InChI is InChI=1S/C13H16F2/c1-9-4-5-11-8-13(14,15)7-6-12(11,3)10(9)2/h4-10H,1-3H3. The highest BCUT2D eigenvalue weighted by atomic mass is 19.3. The van der Waals surface area contributed by atoms with E-state index in [1.165, 1.54) is 0 Å². The van der Waals surface area contributed by atoms with Crippen molar-refractivity contribution in [3.05, 3.63) is 36.0 Å². The molecule has 3 atom stereocenters. The molecule has 0 saturated heterocycles. The predicted octanol–water partition coefficient (Wildman–Crippen LogP) is 3.97. The van der Waals surface area contributed by atoms with E-state index in [2.05, 4.69) is 13.8 Å². The Bertz CT molecular complexity index is 363. The van der Waals surface area contributed by atoms with Gasteiger partial charge in [0.05, 0.1) is 0 Å². The third kappa shape index (κ3) is 1.56. The lowest BCUT2D eigenvalue weighted by Gasteiger charge is -2.42. The summed E-state index contributed by atoms with van der Waals surface area (Å²) < 4.78 is 26.3. The van der Waals surface area contributed by atoms with Crippen LogP contribution in [0.2, 0.25) is 0 Å². The van der Waals surface area contributed by atoms with Crippen molar-refractivity contribution < 1.29 is 8.78 Å². The Morgan fingerprint density at radius 2 is 1.87 bits per heavy atom. The molecule has 0 amide bonds. The number of rotatable bonds is 0. The lowest BCUT2D eigenvalue weighted by molar-refractivity contribution is 0.0999. The van der Waals surface area contributed by atoms with Gasteiger partial charge in [-0.2, -0.15) is 8.78 Å². The molecule has 2 heteroatoms. The van der Waals surface area contributed by atoms with Crippen molar-refractivity contribution in [3.63, 3.8) is 0 Å². The molecule has 0 N–H and O–H groups in total. The van der Waals surface area contributed by atoms with Crippen molar-refractivity contribution in [2.24, 2.45) is 17.3 Å². The molecule has 0 saturated carbocycles. The quantitative estimate of drug-likeness (QED) is 0.531. The lowest BCUT2D eigenvalue weighted by Crippen LogP contribution is -2.35. The first-order valence-electron chi connectivity index (χ1n) is 5.35. The Kier molecular flexibility index (Phi) is 2.14. The van der Waals surface area contributed by atoms with E-state index in [9.17, 15) is 8.78 Å². The average Bonchev–Trinajstić information content (AvgIpc) is 2.16. The molecule has 2 rings (SSSR count). The smallest absolute Gasteiger partial charge is 0.197 e. The minimum Gasteiger partial charge on any atom is -0.197 e. The Hall–Kier alpha value is -0.920. The second-order valence-electron chi connectivity index (χ2n) is 4.90. The summed E-state index contributed by atoms with van der Waals surface area (Å²) in [5.41, 5.74) is 0.524. The van der Waals surface area contributed by atoms with E-state index in [4.69, 9.17) is 0 Å². The minimum absolute atomic E-state index is 0.226. The van der Waals surface area contributed by atoms with E-state index in [1.54, 1.807) is 6.08 Å². The first-order chi connectivity index (χ1) is 6.85. The average molecular weight is 210 g/mol. The van der Waals surface area contributed by atoms with Crippen LogP contribution in [-0.4, -0.2) is 5.92 Å². The second kappa shape index (κ2) is 3.03. The zero-order valence-corrected chi connectivity index (χ0v) is 9.30. The maximum absolute atomic E-state index is 13.2. The van der Waals surface area contributed by atoms with E-state index in [-0.39, 0.29) is 5.41 Å². The fourth-order valence-corrected chi connectivity index (χ4v) is 2.40. The van der Waals surface area contributed by atoms with Crippen molar-refractivity contribution >= 4 is 0 Å². The highest BCUT2D eigenvalue weighted by molar-refractivity contribution is 5.42. The fourth-order valence-electron chi connectivity index (χ4n) is 2.40. The monoisotopic (exact) mass is 210 g/mol. The Morgan fingerprint density at radius 1 is 1.20 bits per heavy atom. The largest absolute Gasteiger partial charge is 0.285 e. The molecule has 0 aliphatic heterocycles. The number of alkyl halides is 2. The van der Waals surface area contributed by atoms with Crippen LogP contribution in [0.15, 0.2) is 36.0 Å². The van der Waals surface area contributed by atoms with Crippen LogP contribution in [0.25, 0.3) is 0 Å². The molecule has 0 fully saturated rings. The van der Waals surface area contributed by atoms with Crippen LogP contribution < -0.4 is 0 Å². The van der Waals surface area contributed by atoms with Gasteiger partial charge in [-0.25, -0.2) is 0 Å². The fraction of sp³-hybridized carbons (Fsp3) is 0.538. The highest BCUT2D eigenvalue weighted by Crippen LogP contribution is 2.49. The summed E-state index contributed by atoms with van der Waals surface area (Å²) in [7, 11) is 0. The molecule has 0 heterocycles. The van der Waals surface area contributed by atoms with Crippen LogP contribution >= 0.6 is 0 Å². The number of fused-ring (bicyclic) bond motifs is 1. The first kappa shape index (κ1) is 10.6. The van der Waals surface area contributed by atoms with Crippen molar-refractivity contribution in [1.82, 2.24) is 0 Å². The summed E-state index contributed by atoms with van der Waals surface area (Å²) in [6.07, 6.45) is 7.66. The summed E-state index contributed by atoms with van der Waals surface area (Å²) in [6, 6.07) is 0. The van der Waals surface area contributed by atoms with Crippen molar-refractivity contribution in [1.29, 1.82) is 0 Å². The Labute approximate surface area is 89.4 Å². The Balaban J connectivity index is 2.49. The summed E-state index contributed by atoms with van der Waals surface area (Å²) in [5, 5.41) is 0. The van der Waals surface area contributed by atoms with E-state index >= 15 is 0 Å². The Morgan fingerprint density at radius 3 is 2.53 bits per heavy atom. The van der Waals surface area contributed by atoms with Crippen LogP contribution in [-0.2, 0) is 0 Å². The van der Waals surface area contributed by atoms with Crippen molar-refractivity contribution in [2.75, 3.05) is 0 Å². The van der Waals surface area contributed by atoms with E-state index in [0.717, 1.165) is 17.7 Å². The molecular weight excluding hydrogens is 194 g/mol. The van der Waals surface area contributed by atoms with Gasteiger partial charge in [-0.05, 0) is 29.6 Å². The van der Waals surface area contributed by atoms with Gasteiger partial charge >= 0.3 is 0 Å². The third-order valence-electron chi connectivity index (χ3n) is 3.94. The van der Waals surface area contributed by atoms with Crippen molar-refractivity contribution in [3.8, 4) is 0 Å². The summed E-state index contributed by atoms with van der Waals surface area (Å²) in [6.45, 7) is 6.29. The van der Waals surface area contributed by atoms with Gasteiger partial charge in [0.15, 0.2) is 0 Å². The van der Waals surface area contributed by atoms with Gasteiger partial charge in [0.2, 0.25) is 0 Å².